The van der Waals surface area contributed by atoms with E-state index in [1.54, 1.807) is 36.7 Å². The standard InChI is InChI=1S/C43H25F3N8O2/c44-43(45,46)41-37(55-27-15-17-31-29-9-1-3-11-33(29)53(35(31)23-27)39-13-5-7-19-47-39)21-26(42-51-49-25-50-52-42)22-38(41)56-28-16-18-32-30-10-2-4-12-34(30)54(36(32)24-28)40-14-6-8-20-48-40/h1-25H. The van der Waals surface area contributed by atoms with E-state index < -0.39 is 23.2 Å². The average molecular weight is 743 g/mol. The van der Waals surface area contributed by atoms with Gasteiger partial charge in [-0.05, 0) is 72.8 Å². The summed E-state index contributed by atoms with van der Waals surface area (Å²) in [6.07, 6.45) is -0.417. The molecular formula is C43H25F3N8O2. The third-order valence-electron chi connectivity index (χ3n) is 9.52. The Morgan fingerprint density at radius 3 is 1.41 bits per heavy atom. The molecule has 0 N–H and O–H groups in total. The molecular weight excluding hydrogens is 718 g/mol. The van der Waals surface area contributed by atoms with Gasteiger partial charge in [0.15, 0.2) is 6.33 Å². The molecule has 56 heavy (non-hydrogen) atoms. The SMILES string of the molecule is FC(F)(F)c1c(Oc2ccc3c4ccccc4n(-c4ccccn4)c3c2)cc(-c2nncnn2)cc1Oc1ccc2c3ccccc3n(-c3ccccn3)c2c1. The van der Waals surface area contributed by atoms with Crippen molar-refractivity contribution < 1.29 is 22.6 Å². The summed E-state index contributed by atoms with van der Waals surface area (Å²) in [7, 11) is 0. The molecule has 0 aliphatic rings. The summed E-state index contributed by atoms with van der Waals surface area (Å²) >= 11 is 0. The van der Waals surface area contributed by atoms with Crippen molar-refractivity contribution in [2.75, 3.05) is 0 Å². The van der Waals surface area contributed by atoms with E-state index >= 15 is 13.2 Å². The average Bonchev–Trinajstić information content (AvgIpc) is 3.73. The van der Waals surface area contributed by atoms with Crippen LogP contribution in [0.5, 0.6) is 23.0 Å². The molecule has 5 aromatic carbocycles. The van der Waals surface area contributed by atoms with Crippen molar-refractivity contribution in [3.8, 4) is 46.0 Å². The van der Waals surface area contributed by atoms with Gasteiger partial charge in [0.2, 0.25) is 5.82 Å². The van der Waals surface area contributed by atoms with E-state index in [4.69, 9.17) is 9.47 Å². The van der Waals surface area contributed by atoms with Crippen molar-refractivity contribution >= 4 is 43.6 Å². The van der Waals surface area contributed by atoms with E-state index in [1.165, 1.54) is 12.1 Å². The number of aromatic nitrogens is 8. The van der Waals surface area contributed by atoms with Crippen LogP contribution in [-0.4, -0.2) is 39.5 Å². The van der Waals surface area contributed by atoms with Crippen molar-refractivity contribution in [2.45, 2.75) is 6.18 Å². The van der Waals surface area contributed by atoms with Gasteiger partial charge in [-0.1, -0.05) is 48.5 Å². The lowest BCUT2D eigenvalue weighted by Crippen LogP contribution is -2.10. The minimum Gasteiger partial charge on any atom is -0.456 e. The highest BCUT2D eigenvalue weighted by molar-refractivity contribution is 6.10. The number of hydrogen-bond acceptors (Lipinski definition) is 8. The largest absolute Gasteiger partial charge is 0.456 e. The molecule has 0 saturated carbocycles. The van der Waals surface area contributed by atoms with Crippen LogP contribution in [0.3, 0.4) is 0 Å². The summed E-state index contributed by atoms with van der Waals surface area (Å²) in [6, 6.07) is 39.5. The lowest BCUT2D eigenvalue weighted by atomic mass is 10.1. The minimum absolute atomic E-state index is 0.0209. The Labute approximate surface area is 315 Å². The van der Waals surface area contributed by atoms with Gasteiger partial charge in [-0.2, -0.15) is 13.2 Å². The fourth-order valence-electron chi connectivity index (χ4n) is 7.23. The summed E-state index contributed by atoms with van der Waals surface area (Å²) in [4.78, 5) is 9.12. The van der Waals surface area contributed by atoms with Crippen LogP contribution in [0.15, 0.2) is 152 Å². The van der Waals surface area contributed by atoms with E-state index in [1.807, 2.05) is 106 Å². The first-order chi connectivity index (χ1) is 27.4. The van der Waals surface area contributed by atoms with Crippen molar-refractivity contribution in [2.24, 2.45) is 0 Å². The molecule has 0 unspecified atom stereocenters. The number of ether oxygens (including phenoxy) is 2. The number of pyridine rings is 2. The monoisotopic (exact) mass is 742 g/mol. The second-order valence-corrected chi connectivity index (χ2v) is 12.9. The maximum absolute atomic E-state index is 15.4. The zero-order valence-corrected chi connectivity index (χ0v) is 29.0. The molecule has 5 aromatic heterocycles. The van der Waals surface area contributed by atoms with Crippen LogP contribution in [0.1, 0.15) is 5.56 Å². The summed E-state index contributed by atoms with van der Waals surface area (Å²) in [5.74, 6) is 0.513. The molecule has 0 radical (unpaired) electrons. The van der Waals surface area contributed by atoms with Crippen LogP contribution in [0.4, 0.5) is 13.2 Å². The Hall–Kier alpha value is -7.67. The fourth-order valence-corrected chi connectivity index (χ4v) is 7.23. The Balaban J connectivity index is 1.14. The second kappa shape index (κ2) is 13.0. The van der Waals surface area contributed by atoms with Crippen LogP contribution >= 0.6 is 0 Å². The van der Waals surface area contributed by atoms with Crippen LogP contribution in [0.25, 0.3) is 66.6 Å². The van der Waals surface area contributed by atoms with Gasteiger partial charge in [0.05, 0.1) is 22.1 Å². The number of benzene rings is 5. The Morgan fingerprint density at radius 1 is 0.482 bits per heavy atom. The van der Waals surface area contributed by atoms with Gasteiger partial charge in [-0.15, -0.1) is 20.4 Å². The van der Waals surface area contributed by atoms with Crippen LogP contribution in [-0.2, 0) is 6.18 Å². The summed E-state index contributed by atoms with van der Waals surface area (Å²) in [5.41, 5.74) is 2.17. The van der Waals surface area contributed by atoms with Crippen molar-refractivity contribution in [3.05, 3.63) is 158 Å². The molecule has 0 amide bonds. The zero-order valence-electron chi connectivity index (χ0n) is 29.0. The fraction of sp³-hybridized carbons (Fsp3) is 0.0233. The van der Waals surface area contributed by atoms with Gasteiger partial charge in [0.1, 0.15) is 40.2 Å². The summed E-state index contributed by atoms with van der Waals surface area (Å²) in [5, 5.41) is 19.3. The second-order valence-electron chi connectivity index (χ2n) is 12.9. The van der Waals surface area contributed by atoms with Crippen LogP contribution < -0.4 is 9.47 Å². The van der Waals surface area contributed by atoms with Gasteiger partial charge >= 0.3 is 6.18 Å². The molecule has 270 valence electrons. The quantitative estimate of drug-likeness (QED) is 0.159. The Morgan fingerprint density at radius 2 is 0.946 bits per heavy atom. The minimum atomic E-state index is -4.92. The molecule has 0 aliphatic carbocycles. The highest BCUT2D eigenvalue weighted by Gasteiger charge is 2.40. The zero-order chi connectivity index (χ0) is 37.8. The molecule has 0 saturated heterocycles. The lowest BCUT2D eigenvalue weighted by molar-refractivity contribution is -0.139. The molecule has 0 aliphatic heterocycles. The van der Waals surface area contributed by atoms with E-state index in [0.29, 0.717) is 22.7 Å². The van der Waals surface area contributed by atoms with E-state index in [0.717, 1.165) is 38.9 Å². The normalized spacial score (nSPS) is 11.8. The molecule has 0 fully saturated rings. The van der Waals surface area contributed by atoms with E-state index in [2.05, 4.69) is 30.4 Å². The van der Waals surface area contributed by atoms with E-state index in [9.17, 15) is 0 Å². The number of alkyl halides is 3. The Kier molecular flexibility index (Phi) is 7.66. The van der Waals surface area contributed by atoms with Gasteiger partial charge < -0.3 is 9.47 Å². The first kappa shape index (κ1) is 32.9. The smallest absolute Gasteiger partial charge is 0.423 e. The third kappa shape index (κ3) is 5.60. The van der Waals surface area contributed by atoms with Crippen molar-refractivity contribution in [3.63, 3.8) is 0 Å². The molecule has 0 bridgehead atoms. The third-order valence-corrected chi connectivity index (χ3v) is 9.52. The van der Waals surface area contributed by atoms with Gasteiger partial charge in [-0.25, -0.2) is 9.97 Å². The van der Waals surface area contributed by atoms with Gasteiger partial charge in [0.25, 0.3) is 0 Å². The van der Waals surface area contributed by atoms with Crippen LogP contribution in [0, 0.1) is 0 Å². The van der Waals surface area contributed by atoms with Gasteiger partial charge in [0, 0.05) is 51.6 Å². The van der Waals surface area contributed by atoms with Gasteiger partial charge in [-0.3, -0.25) is 9.13 Å². The Bertz CT molecular complexity index is 2900. The van der Waals surface area contributed by atoms with Crippen molar-refractivity contribution in [1.82, 2.24) is 39.5 Å². The predicted octanol–water partition coefficient (Wildman–Crippen LogP) is 10.5. The maximum atomic E-state index is 15.4. The highest BCUT2D eigenvalue weighted by atomic mass is 19.4. The first-order valence-corrected chi connectivity index (χ1v) is 17.4. The molecule has 0 atom stereocenters. The summed E-state index contributed by atoms with van der Waals surface area (Å²) < 4.78 is 62.4. The highest BCUT2D eigenvalue weighted by Crippen LogP contribution is 2.48. The molecule has 5 heterocycles. The molecule has 10 nitrogen and oxygen atoms in total. The lowest BCUT2D eigenvalue weighted by Gasteiger charge is -2.19. The molecule has 10 rings (SSSR count). The topological polar surface area (TPSA) is 106 Å². The number of para-hydroxylation sites is 2. The number of rotatable bonds is 7. The number of hydrogen-bond donors (Lipinski definition) is 0. The first-order valence-electron chi connectivity index (χ1n) is 17.4. The molecule has 0 spiro atoms. The molecule has 13 heteroatoms. The number of fused-ring (bicyclic) bond motifs is 6. The maximum Gasteiger partial charge on any atom is 0.423 e. The number of halogens is 3. The predicted molar refractivity (Wildman–Crippen MR) is 205 cm³/mol. The van der Waals surface area contributed by atoms with E-state index in [-0.39, 0.29) is 22.9 Å². The molecule has 10 aromatic rings. The van der Waals surface area contributed by atoms with Crippen LogP contribution in [0.2, 0.25) is 0 Å². The number of nitrogens with zero attached hydrogens (tertiary/aromatic N) is 8. The van der Waals surface area contributed by atoms with Crippen molar-refractivity contribution in [1.29, 1.82) is 0 Å². The summed E-state index contributed by atoms with van der Waals surface area (Å²) in [6.45, 7) is 0.